The van der Waals surface area contributed by atoms with Crippen LogP contribution < -0.4 is 5.32 Å². The number of imidazole rings is 1. The van der Waals surface area contributed by atoms with E-state index in [1.165, 1.54) is 0 Å². The topological polar surface area (TPSA) is 46.9 Å². The number of aromatic nitrogens is 2. The Labute approximate surface area is 142 Å². The highest BCUT2D eigenvalue weighted by molar-refractivity contribution is 5.79. The van der Waals surface area contributed by atoms with Gasteiger partial charge in [0.1, 0.15) is 5.82 Å². The summed E-state index contributed by atoms with van der Waals surface area (Å²) in [5.74, 6) is 1.05. The molecule has 3 rings (SSSR count). The molecule has 1 heterocycles. The number of fused-ring (bicyclic) bond motifs is 1. The molecule has 0 aliphatic rings. The van der Waals surface area contributed by atoms with E-state index in [9.17, 15) is 4.79 Å². The standard InChI is InChI=1S/C20H23N3O/c1-14(2)23-15(3)22-18-11-17(9-10-19(18)23)13-21-20(24)12-16-7-5-4-6-8-16/h4-11,14H,12-13H2,1-3H3,(H,21,24). The molecule has 0 aliphatic heterocycles. The average Bonchev–Trinajstić information content (AvgIpc) is 2.89. The first-order valence-electron chi connectivity index (χ1n) is 8.32. The maximum atomic E-state index is 12.1. The van der Waals surface area contributed by atoms with E-state index in [1.54, 1.807) is 0 Å². The number of nitrogens with zero attached hydrogens (tertiary/aromatic N) is 2. The minimum absolute atomic E-state index is 0.0326. The normalized spacial score (nSPS) is 11.2. The van der Waals surface area contributed by atoms with E-state index in [2.05, 4.69) is 46.9 Å². The van der Waals surface area contributed by atoms with E-state index in [0.29, 0.717) is 19.0 Å². The highest BCUT2D eigenvalue weighted by Crippen LogP contribution is 2.21. The molecular weight excluding hydrogens is 298 g/mol. The largest absolute Gasteiger partial charge is 0.352 e. The first-order chi connectivity index (χ1) is 11.5. The summed E-state index contributed by atoms with van der Waals surface area (Å²) in [6, 6.07) is 16.4. The minimum atomic E-state index is 0.0326. The molecule has 1 amide bonds. The lowest BCUT2D eigenvalue weighted by molar-refractivity contribution is -0.120. The molecule has 0 atom stereocenters. The summed E-state index contributed by atoms with van der Waals surface area (Å²) in [5.41, 5.74) is 4.21. The van der Waals surface area contributed by atoms with Crippen molar-refractivity contribution in [2.45, 2.75) is 39.8 Å². The minimum Gasteiger partial charge on any atom is -0.352 e. The summed E-state index contributed by atoms with van der Waals surface area (Å²) in [7, 11) is 0. The van der Waals surface area contributed by atoms with Crippen molar-refractivity contribution in [3.63, 3.8) is 0 Å². The van der Waals surface area contributed by atoms with Gasteiger partial charge in [-0.3, -0.25) is 4.79 Å². The second-order valence-electron chi connectivity index (χ2n) is 6.38. The molecule has 124 valence electrons. The maximum absolute atomic E-state index is 12.1. The van der Waals surface area contributed by atoms with Gasteiger partial charge in [-0.1, -0.05) is 36.4 Å². The molecule has 3 aromatic rings. The first kappa shape index (κ1) is 16.2. The first-order valence-corrected chi connectivity index (χ1v) is 8.32. The van der Waals surface area contributed by atoms with Crippen LogP contribution in [0.5, 0.6) is 0 Å². The molecule has 0 fully saturated rings. The van der Waals surface area contributed by atoms with Crippen LogP contribution >= 0.6 is 0 Å². The van der Waals surface area contributed by atoms with Crippen molar-refractivity contribution >= 4 is 16.9 Å². The number of hydrogen-bond donors (Lipinski definition) is 1. The van der Waals surface area contributed by atoms with Crippen LogP contribution in [0.25, 0.3) is 11.0 Å². The van der Waals surface area contributed by atoms with E-state index in [1.807, 2.05) is 37.3 Å². The van der Waals surface area contributed by atoms with Gasteiger partial charge in [0.15, 0.2) is 0 Å². The number of benzene rings is 2. The number of amides is 1. The zero-order chi connectivity index (χ0) is 17.1. The van der Waals surface area contributed by atoms with Gasteiger partial charge in [-0.05, 0) is 44.0 Å². The molecule has 4 nitrogen and oxygen atoms in total. The van der Waals surface area contributed by atoms with Crippen LogP contribution in [-0.4, -0.2) is 15.5 Å². The molecule has 0 saturated carbocycles. The van der Waals surface area contributed by atoms with Crippen molar-refractivity contribution in [2.24, 2.45) is 0 Å². The summed E-state index contributed by atoms with van der Waals surface area (Å²) in [4.78, 5) is 16.7. The Morgan fingerprint density at radius 2 is 1.88 bits per heavy atom. The lowest BCUT2D eigenvalue weighted by atomic mass is 10.1. The molecule has 1 N–H and O–H groups in total. The van der Waals surface area contributed by atoms with E-state index in [-0.39, 0.29) is 5.91 Å². The number of hydrogen-bond acceptors (Lipinski definition) is 2. The van der Waals surface area contributed by atoms with E-state index in [0.717, 1.165) is 28.0 Å². The van der Waals surface area contributed by atoms with Gasteiger partial charge in [-0.2, -0.15) is 0 Å². The third-order valence-electron chi connectivity index (χ3n) is 4.14. The van der Waals surface area contributed by atoms with Crippen molar-refractivity contribution in [2.75, 3.05) is 0 Å². The molecule has 0 bridgehead atoms. The Morgan fingerprint density at radius 1 is 1.12 bits per heavy atom. The van der Waals surface area contributed by atoms with Gasteiger partial charge in [0.25, 0.3) is 0 Å². The summed E-state index contributed by atoms with van der Waals surface area (Å²) in [6.45, 7) is 6.87. The fourth-order valence-corrected chi connectivity index (χ4v) is 3.07. The number of aryl methyl sites for hydroxylation is 1. The van der Waals surface area contributed by atoms with Crippen LogP contribution in [0, 0.1) is 6.92 Å². The van der Waals surface area contributed by atoms with Crippen LogP contribution in [0.4, 0.5) is 0 Å². The van der Waals surface area contributed by atoms with Gasteiger partial charge in [0, 0.05) is 12.6 Å². The molecule has 0 radical (unpaired) electrons. The van der Waals surface area contributed by atoms with Crippen molar-refractivity contribution < 1.29 is 4.79 Å². The lowest BCUT2D eigenvalue weighted by Gasteiger charge is -2.11. The number of nitrogens with one attached hydrogen (secondary N) is 1. The van der Waals surface area contributed by atoms with Crippen LogP contribution in [0.2, 0.25) is 0 Å². The maximum Gasteiger partial charge on any atom is 0.224 e. The van der Waals surface area contributed by atoms with Crippen LogP contribution in [0.15, 0.2) is 48.5 Å². The monoisotopic (exact) mass is 321 g/mol. The third-order valence-corrected chi connectivity index (χ3v) is 4.14. The quantitative estimate of drug-likeness (QED) is 0.777. The Morgan fingerprint density at radius 3 is 2.58 bits per heavy atom. The molecular formula is C20H23N3O. The van der Waals surface area contributed by atoms with Crippen molar-refractivity contribution in [3.05, 3.63) is 65.5 Å². The molecule has 2 aromatic carbocycles. The average molecular weight is 321 g/mol. The van der Waals surface area contributed by atoms with Gasteiger partial charge < -0.3 is 9.88 Å². The fourth-order valence-electron chi connectivity index (χ4n) is 3.07. The predicted molar refractivity (Wildman–Crippen MR) is 96.8 cm³/mol. The van der Waals surface area contributed by atoms with Gasteiger partial charge in [0.2, 0.25) is 5.91 Å². The van der Waals surface area contributed by atoms with E-state index >= 15 is 0 Å². The van der Waals surface area contributed by atoms with Crippen LogP contribution in [-0.2, 0) is 17.8 Å². The van der Waals surface area contributed by atoms with E-state index in [4.69, 9.17) is 0 Å². The Bertz CT molecular complexity index is 850. The molecule has 0 saturated heterocycles. The van der Waals surface area contributed by atoms with Crippen molar-refractivity contribution in [1.29, 1.82) is 0 Å². The highest BCUT2D eigenvalue weighted by atomic mass is 16.1. The summed E-state index contributed by atoms with van der Waals surface area (Å²) >= 11 is 0. The van der Waals surface area contributed by atoms with Crippen LogP contribution in [0.3, 0.4) is 0 Å². The van der Waals surface area contributed by atoms with Gasteiger partial charge in [-0.15, -0.1) is 0 Å². The molecule has 24 heavy (non-hydrogen) atoms. The number of rotatable bonds is 5. The summed E-state index contributed by atoms with van der Waals surface area (Å²) in [5, 5.41) is 2.98. The zero-order valence-electron chi connectivity index (χ0n) is 14.4. The number of carbonyl (C=O) groups is 1. The Balaban J connectivity index is 1.68. The SMILES string of the molecule is Cc1nc2cc(CNC(=O)Cc3ccccc3)ccc2n1C(C)C. The molecule has 1 aromatic heterocycles. The molecule has 4 heteroatoms. The highest BCUT2D eigenvalue weighted by Gasteiger charge is 2.11. The van der Waals surface area contributed by atoms with Crippen molar-refractivity contribution in [1.82, 2.24) is 14.9 Å². The second-order valence-corrected chi connectivity index (χ2v) is 6.38. The smallest absolute Gasteiger partial charge is 0.224 e. The second kappa shape index (κ2) is 6.87. The number of carbonyl (C=O) groups excluding carboxylic acids is 1. The fraction of sp³-hybridized carbons (Fsp3) is 0.300. The lowest BCUT2D eigenvalue weighted by Crippen LogP contribution is -2.24. The Kier molecular flexibility index (Phi) is 4.65. The van der Waals surface area contributed by atoms with Gasteiger partial charge in [0.05, 0.1) is 17.5 Å². The molecule has 0 unspecified atom stereocenters. The summed E-state index contributed by atoms with van der Waals surface area (Å²) in [6.07, 6.45) is 0.407. The third kappa shape index (κ3) is 3.48. The molecule has 0 aliphatic carbocycles. The van der Waals surface area contributed by atoms with Gasteiger partial charge in [-0.25, -0.2) is 4.98 Å². The predicted octanol–water partition coefficient (Wildman–Crippen LogP) is 3.78. The van der Waals surface area contributed by atoms with E-state index < -0.39 is 0 Å². The van der Waals surface area contributed by atoms with Gasteiger partial charge >= 0.3 is 0 Å². The Hall–Kier alpha value is -2.62. The van der Waals surface area contributed by atoms with Crippen LogP contribution in [0.1, 0.15) is 36.8 Å². The molecule has 0 spiro atoms. The van der Waals surface area contributed by atoms with Crippen molar-refractivity contribution in [3.8, 4) is 0 Å². The summed E-state index contributed by atoms with van der Waals surface area (Å²) < 4.78 is 2.23. The zero-order valence-corrected chi connectivity index (χ0v) is 14.4.